The van der Waals surface area contributed by atoms with E-state index in [2.05, 4.69) is 21.7 Å². The van der Waals surface area contributed by atoms with Crippen LogP contribution >= 0.6 is 0 Å². The zero-order valence-corrected chi connectivity index (χ0v) is 14.6. The van der Waals surface area contributed by atoms with Crippen LogP contribution in [0.25, 0.3) is 0 Å². The minimum Gasteiger partial charge on any atom is -0.493 e. The highest BCUT2D eigenvalue weighted by atomic mass is 16.5. The van der Waals surface area contributed by atoms with Gasteiger partial charge in [-0.2, -0.15) is 5.26 Å². The first kappa shape index (κ1) is 18.0. The maximum Gasteiger partial charge on any atom is 0.227 e. The van der Waals surface area contributed by atoms with Gasteiger partial charge in [-0.15, -0.1) is 0 Å². The average molecular weight is 358 g/mol. The van der Waals surface area contributed by atoms with E-state index in [9.17, 15) is 4.79 Å². The molecule has 2 aromatic carbocycles. The van der Waals surface area contributed by atoms with Crippen LogP contribution in [0.3, 0.4) is 0 Å². The number of benzene rings is 2. The lowest BCUT2D eigenvalue weighted by Gasteiger charge is -2.09. The third-order valence-corrected chi connectivity index (χ3v) is 3.70. The Morgan fingerprint density at radius 2 is 1.81 bits per heavy atom. The van der Waals surface area contributed by atoms with Crippen molar-refractivity contribution in [3.8, 4) is 11.8 Å². The van der Waals surface area contributed by atoms with Gasteiger partial charge in [0.15, 0.2) is 0 Å². The van der Waals surface area contributed by atoms with Crippen LogP contribution < -0.4 is 15.4 Å². The number of amides is 1. The van der Waals surface area contributed by atoms with E-state index in [1.807, 2.05) is 42.5 Å². The molecular weight excluding hydrogens is 340 g/mol. The van der Waals surface area contributed by atoms with E-state index in [4.69, 9.17) is 10.00 Å². The fraction of sp³-hybridized carbons (Fsp3) is 0.0952. The number of aromatic nitrogens is 1. The van der Waals surface area contributed by atoms with E-state index in [1.54, 1.807) is 30.5 Å². The topological polar surface area (TPSA) is 87.0 Å². The van der Waals surface area contributed by atoms with Gasteiger partial charge in [0.1, 0.15) is 17.6 Å². The maximum atomic E-state index is 12.0. The van der Waals surface area contributed by atoms with Gasteiger partial charge in [-0.3, -0.25) is 4.79 Å². The molecule has 1 amide bonds. The van der Waals surface area contributed by atoms with Gasteiger partial charge < -0.3 is 15.4 Å². The number of carbonyl (C=O) groups excluding carboxylic acids is 1. The quantitative estimate of drug-likeness (QED) is 0.664. The van der Waals surface area contributed by atoms with Crippen LogP contribution in [0.1, 0.15) is 12.0 Å². The highest BCUT2D eigenvalue weighted by Crippen LogP contribution is 2.19. The maximum absolute atomic E-state index is 12.0. The molecule has 1 heterocycles. The van der Waals surface area contributed by atoms with E-state index in [0.29, 0.717) is 29.4 Å². The summed E-state index contributed by atoms with van der Waals surface area (Å²) in [5.41, 5.74) is 1.82. The molecule has 0 fully saturated rings. The molecule has 0 aliphatic carbocycles. The normalized spacial score (nSPS) is 9.89. The number of hydrogen-bond acceptors (Lipinski definition) is 5. The third kappa shape index (κ3) is 5.31. The summed E-state index contributed by atoms with van der Waals surface area (Å²) in [5, 5.41) is 15.0. The standard InChI is InChI=1S/C21H18N4O2/c22-14-16-6-4-5-9-19(16)25-20-11-10-17(15-23-20)24-21(26)12-13-27-18-7-2-1-3-8-18/h1-11,15H,12-13H2,(H,23,25)(H,24,26). The fourth-order valence-electron chi connectivity index (χ4n) is 2.37. The summed E-state index contributed by atoms with van der Waals surface area (Å²) in [6.45, 7) is 0.299. The second-order valence-electron chi connectivity index (χ2n) is 5.67. The van der Waals surface area contributed by atoms with Crippen molar-refractivity contribution in [2.75, 3.05) is 17.2 Å². The van der Waals surface area contributed by atoms with E-state index in [1.165, 1.54) is 0 Å². The van der Waals surface area contributed by atoms with Crippen LogP contribution in [0.5, 0.6) is 5.75 Å². The van der Waals surface area contributed by atoms with Crippen molar-refractivity contribution < 1.29 is 9.53 Å². The first-order chi connectivity index (χ1) is 13.2. The van der Waals surface area contributed by atoms with Gasteiger partial charge in [-0.05, 0) is 36.4 Å². The van der Waals surface area contributed by atoms with E-state index in [0.717, 1.165) is 5.75 Å². The molecular formula is C21H18N4O2. The zero-order chi connectivity index (χ0) is 18.9. The predicted molar refractivity (Wildman–Crippen MR) is 104 cm³/mol. The molecule has 0 radical (unpaired) electrons. The fourth-order valence-corrected chi connectivity index (χ4v) is 2.37. The Morgan fingerprint density at radius 1 is 1.04 bits per heavy atom. The molecule has 0 aliphatic rings. The average Bonchev–Trinajstić information content (AvgIpc) is 2.71. The molecule has 0 saturated carbocycles. The molecule has 1 aromatic heterocycles. The van der Waals surface area contributed by atoms with Gasteiger partial charge in [-0.1, -0.05) is 30.3 Å². The summed E-state index contributed by atoms with van der Waals surface area (Å²) >= 11 is 0. The monoisotopic (exact) mass is 358 g/mol. The number of hydrogen-bond donors (Lipinski definition) is 2. The molecule has 0 spiro atoms. The second-order valence-corrected chi connectivity index (χ2v) is 5.67. The Hall–Kier alpha value is -3.85. The molecule has 0 atom stereocenters. The smallest absolute Gasteiger partial charge is 0.227 e. The second kappa shape index (κ2) is 9.02. The first-order valence-electron chi connectivity index (χ1n) is 8.44. The van der Waals surface area contributed by atoms with Crippen molar-refractivity contribution in [1.29, 1.82) is 5.26 Å². The molecule has 0 saturated heterocycles. The number of rotatable bonds is 7. The van der Waals surface area contributed by atoms with Crippen molar-refractivity contribution >= 4 is 23.1 Å². The molecule has 134 valence electrons. The van der Waals surface area contributed by atoms with E-state index >= 15 is 0 Å². The SMILES string of the molecule is N#Cc1ccccc1Nc1ccc(NC(=O)CCOc2ccccc2)cn1. The number of anilines is 3. The summed E-state index contributed by atoms with van der Waals surface area (Å²) in [6.07, 6.45) is 1.80. The highest BCUT2D eigenvalue weighted by Gasteiger charge is 2.05. The molecule has 6 heteroatoms. The molecule has 3 aromatic rings. The van der Waals surface area contributed by atoms with Gasteiger partial charge >= 0.3 is 0 Å². The summed E-state index contributed by atoms with van der Waals surface area (Å²) < 4.78 is 5.51. The lowest BCUT2D eigenvalue weighted by atomic mass is 10.2. The Labute approximate surface area is 157 Å². The van der Waals surface area contributed by atoms with Crippen molar-refractivity contribution in [3.05, 3.63) is 78.5 Å². The minimum atomic E-state index is -0.150. The van der Waals surface area contributed by atoms with Gasteiger partial charge in [0, 0.05) is 0 Å². The highest BCUT2D eigenvalue weighted by molar-refractivity contribution is 5.90. The molecule has 27 heavy (non-hydrogen) atoms. The number of para-hydroxylation sites is 2. The van der Waals surface area contributed by atoms with Gasteiger partial charge in [0.05, 0.1) is 36.2 Å². The van der Waals surface area contributed by atoms with Crippen LogP contribution in [0.4, 0.5) is 17.2 Å². The molecule has 0 aliphatic heterocycles. The molecule has 2 N–H and O–H groups in total. The lowest BCUT2D eigenvalue weighted by Crippen LogP contribution is -2.15. The first-order valence-corrected chi connectivity index (χ1v) is 8.44. The van der Waals surface area contributed by atoms with Crippen molar-refractivity contribution in [1.82, 2.24) is 4.98 Å². The Balaban J connectivity index is 1.50. The van der Waals surface area contributed by atoms with Crippen LogP contribution in [-0.2, 0) is 4.79 Å². The number of nitrogens with zero attached hydrogens (tertiary/aromatic N) is 2. The van der Waals surface area contributed by atoms with Crippen molar-refractivity contribution in [3.63, 3.8) is 0 Å². The summed E-state index contributed by atoms with van der Waals surface area (Å²) in [4.78, 5) is 16.3. The van der Waals surface area contributed by atoms with E-state index < -0.39 is 0 Å². The van der Waals surface area contributed by atoms with E-state index in [-0.39, 0.29) is 12.3 Å². The predicted octanol–water partition coefficient (Wildman–Crippen LogP) is 4.10. The summed E-state index contributed by atoms with van der Waals surface area (Å²) in [7, 11) is 0. The Morgan fingerprint density at radius 3 is 2.56 bits per heavy atom. The van der Waals surface area contributed by atoms with Crippen LogP contribution in [-0.4, -0.2) is 17.5 Å². The summed E-state index contributed by atoms with van der Waals surface area (Å²) in [5.74, 6) is 1.17. The van der Waals surface area contributed by atoms with Gasteiger partial charge in [-0.25, -0.2) is 4.98 Å². The molecule has 3 rings (SSSR count). The Bertz CT molecular complexity index is 934. The van der Waals surface area contributed by atoms with Gasteiger partial charge in [0.2, 0.25) is 5.91 Å². The zero-order valence-electron chi connectivity index (χ0n) is 14.6. The Kier molecular flexibility index (Phi) is 6.00. The van der Waals surface area contributed by atoms with Crippen LogP contribution in [0.2, 0.25) is 0 Å². The number of carbonyl (C=O) groups is 1. The third-order valence-electron chi connectivity index (χ3n) is 3.70. The van der Waals surface area contributed by atoms with Crippen LogP contribution in [0, 0.1) is 11.3 Å². The largest absolute Gasteiger partial charge is 0.493 e. The number of pyridine rings is 1. The number of ether oxygens (including phenoxy) is 1. The van der Waals surface area contributed by atoms with Crippen molar-refractivity contribution in [2.24, 2.45) is 0 Å². The molecule has 0 unspecified atom stereocenters. The van der Waals surface area contributed by atoms with Crippen molar-refractivity contribution in [2.45, 2.75) is 6.42 Å². The minimum absolute atomic E-state index is 0.150. The lowest BCUT2D eigenvalue weighted by molar-refractivity contribution is -0.116. The number of nitriles is 1. The van der Waals surface area contributed by atoms with Gasteiger partial charge in [0.25, 0.3) is 0 Å². The molecule has 0 bridgehead atoms. The number of nitrogens with one attached hydrogen (secondary N) is 2. The summed E-state index contributed by atoms with van der Waals surface area (Å²) in [6, 6.07) is 22.2. The molecule has 6 nitrogen and oxygen atoms in total. The van der Waals surface area contributed by atoms with Crippen LogP contribution in [0.15, 0.2) is 72.9 Å².